The van der Waals surface area contributed by atoms with Gasteiger partial charge >= 0.3 is 5.69 Å². The van der Waals surface area contributed by atoms with Crippen LogP contribution in [0.25, 0.3) is 5.69 Å². The number of nitro groups is 1. The molecule has 0 aliphatic heterocycles. The van der Waals surface area contributed by atoms with Gasteiger partial charge in [0.2, 0.25) is 5.91 Å². The monoisotopic (exact) mass is 380 g/mol. The van der Waals surface area contributed by atoms with Crippen molar-refractivity contribution in [1.29, 1.82) is 0 Å². The van der Waals surface area contributed by atoms with Crippen molar-refractivity contribution in [3.63, 3.8) is 0 Å². The molecule has 0 bridgehead atoms. The molecule has 0 aliphatic carbocycles. The standard InChI is InChI=1S/C20H20N4O4/c1-15-7-8-18(24(26)27)19(11-15)28-10-9-20(25)21-12-16-13-22-23(14-16)17-5-3-2-4-6-17/h2-8,11,13-14H,9-10,12H2,1H3,(H,21,25). The molecule has 8 nitrogen and oxygen atoms in total. The van der Waals surface area contributed by atoms with Crippen LogP contribution in [-0.2, 0) is 11.3 Å². The van der Waals surface area contributed by atoms with E-state index in [4.69, 9.17) is 4.74 Å². The number of hydrogen-bond acceptors (Lipinski definition) is 5. The van der Waals surface area contributed by atoms with Gasteiger partial charge in [-0.05, 0) is 30.7 Å². The van der Waals surface area contributed by atoms with Gasteiger partial charge in [-0.25, -0.2) is 4.68 Å². The molecule has 144 valence electrons. The van der Waals surface area contributed by atoms with Crippen molar-refractivity contribution >= 4 is 11.6 Å². The predicted octanol–water partition coefficient (Wildman–Crippen LogP) is 3.17. The first-order chi connectivity index (χ1) is 13.5. The summed E-state index contributed by atoms with van der Waals surface area (Å²) in [7, 11) is 0. The number of amides is 1. The van der Waals surface area contributed by atoms with Gasteiger partial charge in [0.25, 0.3) is 0 Å². The van der Waals surface area contributed by atoms with Gasteiger partial charge in [-0.1, -0.05) is 24.3 Å². The molecule has 0 saturated heterocycles. The largest absolute Gasteiger partial charge is 0.486 e. The summed E-state index contributed by atoms with van der Waals surface area (Å²) in [4.78, 5) is 22.5. The molecule has 1 heterocycles. The average molecular weight is 380 g/mol. The van der Waals surface area contributed by atoms with Crippen LogP contribution in [0.4, 0.5) is 5.69 Å². The Bertz CT molecular complexity index is 969. The van der Waals surface area contributed by atoms with E-state index in [9.17, 15) is 14.9 Å². The first kappa shape index (κ1) is 19.1. The SMILES string of the molecule is Cc1ccc([N+](=O)[O-])c(OCCC(=O)NCc2cnn(-c3ccccc3)c2)c1. The maximum absolute atomic E-state index is 12.0. The highest BCUT2D eigenvalue weighted by Crippen LogP contribution is 2.27. The van der Waals surface area contributed by atoms with Crippen LogP contribution < -0.4 is 10.1 Å². The molecule has 0 atom stereocenters. The molecule has 0 radical (unpaired) electrons. The molecule has 1 amide bonds. The summed E-state index contributed by atoms with van der Waals surface area (Å²) >= 11 is 0. The third-order valence-electron chi connectivity index (χ3n) is 4.05. The Hall–Kier alpha value is -3.68. The summed E-state index contributed by atoms with van der Waals surface area (Å²) in [5.41, 5.74) is 2.54. The van der Waals surface area contributed by atoms with Crippen molar-refractivity contribution in [3.8, 4) is 11.4 Å². The molecule has 0 aliphatic rings. The Labute approximate surface area is 161 Å². The van der Waals surface area contributed by atoms with Crippen LogP contribution >= 0.6 is 0 Å². The molecule has 0 fully saturated rings. The van der Waals surface area contributed by atoms with Gasteiger partial charge in [-0.15, -0.1) is 0 Å². The maximum Gasteiger partial charge on any atom is 0.310 e. The van der Waals surface area contributed by atoms with E-state index < -0.39 is 4.92 Å². The Kier molecular flexibility index (Phi) is 6.01. The minimum Gasteiger partial charge on any atom is -0.486 e. The summed E-state index contributed by atoms with van der Waals surface area (Å²) in [5, 5.41) is 18.1. The lowest BCUT2D eigenvalue weighted by atomic mass is 10.2. The van der Waals surface area contributed by atoms with E-state index in [0.717, 1.165) is 16.8 Å². The number of hydrogen-bond donors (Lipinski definition) is 1. The van der Waals surface area contributed by atoms with E-state index in [0.29, 0.717) is 6.54 Å². The second kappa shape index (κ2) is 8.81. The highest BCUT2D eigenvalue weighted by molar-refractivity contribution is 5.76. The lowest BCUT2D eigenvalue weighted by Gasteiger charge is -2.08. The molecule has 0 unspecified atom stereocenters. The van der Waals surface area contributed by atoms with Crippen molar-refractivity contribution in [1.82, 2.24) is 15.1 Å². The van der Waals surface area contributed by atoms with Gasteiger partial charge in [0.15, 0.2) is 5.75 Å². The zero-order valence-corrected chi connectivity index (χ0v) is 15.4. The van der Waals surface area contributed by atoms with Crippen molar-refractivity contribution in [3.05, 3.63) is 82.2 Å². The van der Waals surface area contributed by atoms with Crippen LogP contribution in [0, 0.1) is 17.0 Å². The number of benzene rings is 2. The van der Waals surface area contributed by atoms with E-state index in [1.807, 2.05) is 43.5 Å². The van der Waals surface area contributed by atoms with Gasteiger partial charge in [-0.3, -0.25) is 14.9 Å². The van der Waals surface area contributed by atoms with Crippen LogP contribution in [0.3, 0.4) is 0 Å². The van der Waals surface area contributed by atoms with Gasteiger partial charge in [0.05, 0.1) is 29.8 Å². The molecule has 2 aromatic carbocycles. The molecule has 3 aromatic rings. The van der Waals surface area contributed by atoms with Crippen LogP contribution in [0.2, 0.25) is 0 Å². The minimum atomic E-state index is -0.501. The maximum atomic E-state index is 12.0. The van der Waals surface area contributed by atoms with Crippen molar-refractivity contribution in [2.24, 2.45) is 0 Å². The third-order valence-corrected chi connectivity index (χ3v) is 4.05. The number of ether oxygens (including phenoxy) is 1. The second-order valence-corrected chi connectivity index (χ2v) is 6.23. The number of nitrogens with zero attached hydrogens (tertiary/aromatic N) is 3. The van der Waals surface area contributed by atoms with Gasteiger partial charge in [0.1, 0.15) is 0 Å². The van der Waals surface area contributed by atoms with Gasteiger partial charge < -0.3 is 10.1 Å². The molecule has 1 aromatic heterocycles. The smallest absolute Gasteiger partial charge is 0.310 e. The molecule has 1 N–H and O–H groups in total. The number of rotatable bonds is 8. The molecule has 0 spiro atoms. The number of nitrogens with one attached hydrogen (secondary N) is 1. The summed E-state index contributed by atoms with van der Waals surface area (Å²) < 4.78 is 7.18. The third kappa shape index (κ3) is 4.94. The molecule has 28 heavy (non-hydrogen) atoms. The molecular weight excluding hydrogens is 360 g/mol. The number of carbonyl (C=O) groups is 1. The number of aromatic nitrogens is 2. The summed E-state index contributed by atoms with van der Waals surface area (Å²) in [6.07, 6.45) is 3.64. The van der Waals surface area contributed by atoms with Crippen molar-refractivity contribution in [2.45, 2.75) is 19.9 Å². The van der Waals surface area contributed by atoms with Crippen molar-refractivity contribution in [2.75, 3.05) is 6.61 Å². The Morgan fingerprint density at radius 1 is 1.25 bits per heavy atom. The van der Waals surface area contributed by atoms with Crippen molar-refractivity contribution < 1.29 is 14.5 Å². The summed E-state index contributed by atoms with van der Waals surface area (Å²) in [6, 6.07) is 14.3. The highest BCUT2D eigenvalue weighted by Gasteiger charge is 2.15. The Morgan fingerprint density at radius 3 is 2.79 bits per heavy atom. The van der Waals surface area contributed by atoms with Crippen LogP contribution in [-0.4, -0.2) is 27.2 Å². The van der Waals surface area contributed by atoms with Gasteiger partial charge in [-0.2, -0.15) is 5.10 Å². The molecule has 0 saturated carbocycles. The number of nitro benzene ring substituents is 1. The summed E-state index contributed by atoms with van der Waals surface area (Å²) in [6.45, 7) is 2.22. The predicted molar refractivity (Wildman–Crippen MR) is 103 cm³/mol. The summed E-state index contributed by atoms with van der Waals surface area (Å²) in [5.74, 6) is -0.0373. The first-order valence-electron chi connectivity index (χ1n) is 8.76. The fraction of sp³-hybridized carbons (Fsp3) is 0.200. The van der Waals surface area contributed by atoms with Gasteiger partial charge in [0, 0.05) is 24.4 Å². The fourth-order valence-corrected chi connectivity index (χ4v) is 2.60. The van der Waals surface area contributed by atoms with Crippen LogP contribution in [0.5, 0.6) is 5.75 Å². The van der Waals surface area contributed by atoms with E-state index in [1.165, 1.54) is 6.07 Å². The van der Waals surface area contributed by atoms with E-state index in [-0.39, 0.29) is 30.4 Å². The zero-order valence-electron chi connectivity index (χ0n) is 15.4. The molecular formula is C20H20N4O4. The normalized spacial score (nSPS) is 10.5. The quantitative estimate of drug-likeness (QED) is 0.478. The van der Waals surface area contributed by atoms with Crippen LogP contribution in [0.1, 0.15) is 17.5 Å². The van der Waals surface area contributed by atoms with E-state index in [1.54, 1.807) is 23.0 Å². The molecule has 3 rings (SSSR count). The number of carbonyl (C=O) groups excluding carboxylic acids is 1. The first-order valence-corrected chi connectivity index (χ1v) is 8.76. The number of aryl methyl sites for hydroxylation is 1. The minimum absolute atomic E-state index is 0.0550. The van der Waals surface area contributed by atoms with Crippen LogP contribution in [0.15, 0.2) is 60.9 Å². The fourth-order valence-electron chi connectivity index (χ4n) is 2.60. The van der Waals surface area contributed by atoms with E-state index >= 15 is 0 Å². The van der Waals surface area contributed by atoms with E-state index in [2.05, 4.69) is 10.4 Å². The highest BCUT2D eigenvalue weighted by atomic mass is 16.6. The number of para-hydroxylation sites is 1. The average Bonchev–Trinajstić information content (AvgIpc) is 3.16. The topological polar surface area (TPSA) is 99.3 Å². The second-order valence-electron chi connectivity index (χ2n) is 6.23. The lowest BCUT2D eigenvalue weighted by molar-refractivity contribution is -0.385. The molecule has 8 heteroatoms. The Morgan fingerprint density at radius 2 is 2.04 bits per heavy atom. The Balaban J connectivity index is 1.48. The lowest BCUT2D eigenvalue weighted by Crippen LogP contribution is -2.24. The zero-order chi connectivity index (χ0) is 19.9.